The maximum absolute atomic E-state index is 9.50. The number of thiophene rings is 1. The van der Waals surface area contributed by atoms with Gasteiger partial charge in [-0.1, -0.05) is 0 Å². The lowest BCUT2D eigenvalue weighted by molar-refractivity contribution is 0.0340. The minimum Gasteiger partial charge on any atom is -0.389 e. The van der Waals surface area contributed by atoms with E-state index in [-0.39, 0.29) is 5.75 Å². The first-order chi connectivity index (χ1) is 6.19. The molecule has 13 heavy (non-hydrogen) atoms. The number of hydrogen-bond donors (Lipinski definition) is 3. The summed E-state index contributed by atoms with van der Waals surface area (Å²) in [4.78, 5) is 0.528. The Balaban J connectivity index is 2.78. The third-order valence-electron chi connectivity index (χ3n) is 1.62. The molecule has 0 radical (unpaired) electrons. The van der Waals surface area contributed by atoms with Gasteiger partial charge in [0.15, 0.2) is 0 Å². The molecule has 0 aliphatic heterocycles. The van der Waals surface area contributed by atoms with Crippen LogP contribution in [0.1, 0.15) is 16.5 Å². The number of nitriles is 1. The molecule has 0 bridgehead atoms. The molecular weight excluding hydrogens is 206 g/mol. The van der Waals surface area contributed by atoms with E-state index in [1.807, 2.05) is 6.07 Å². The van der Waals surface area contributed by atoms with Crippen LogP contribution < -0.4 is 0 Å². The van der Waals surface area contributed by atoms with E-state index >= 15 is 0 Å². The molecule has 0 fully saturated rings. The van der Waals surface area contributed by atoms with Gasteiger partial charge in [-0.15, -0.1) is 11.3 Å². The second-order valence-electron chi connectivity index (χ2n) is 2.55. The maximum Gasteiger partial charge on any atom is 0.110 e. The summed E-state index contributed by atoms with van der Waals surface area (Å²) in [5.74, 6) is 0.193. The van der Waals surface area contributed by atoms with E-state index < -0.39 is 12.2 Å². The average Bonchev–Trinajstić information content (AvgIpc) is 2.63. The van der Waals surface area contributed by atoms with Gasteiger partial charge in [-0.05, 0) is 17.0 Å². The first-order valence-corrected chi connectivity index (χ1v) is 5.15. The van der Waals surface area contributed by atoms with Gasteiger partial charge in [0.05, 0.1) is 6.10 Å². The highest BCUT2D eigenvalue weighted by molar-refractivity contribution is 7.80. The van der Waals surface area contributed by atoms with Gasteiger partial charge in [-0.3, -0.25) is 0 Å². The number of aliphatic hydroxyl groups is 2. The van der Waals surface area contributed by atoms with Crippen molar-refractivity contribution in [1.29, 1.82) is 5.26 Å². The summed E-state index contributed by atoms with van der Waals surface area (Å²) in [6.45, 7) is 0. The van der Waals surface area contributed by atoms with Crippen molar-refractivity contribution in [3.63, 3.8) is 0 Å². The highest BCUT2D eigenvalue weighted by Gasteiger charge is 2.17. The Morgan fingerprint density at radius 3 is 2.77 bits per heavy atom. The fourth-order valence-electron chi connectivity index (χ4n) is 0.887. The van der Waals surface area contributed by atoms with Gasteiger partial charge in [0.25, 0.3) is 0 Å². The van der Waals surface area contributed by atoms with Gasteiger partial charge in [0.2, 0.25) is 0 Å². The van der Waals surface area contributed by atoms with Gasteiger partial charge >= 0.3 is 0 Å². The molecule has 0 amide bonds. The minimum absolute atomic E-state index is 0.193. The zero-order valence-corrected chi connectivity index (χ0v) is 8.42. The van der Waals surface area contributed by atoms with E-state index in [4.69, 9.17) is 5.26 Å². The van der Waals surface area contributed by atoms with Crippen molar-refractivity contribution in [1.82, 2.24) is 0 Å². The molecule has 2 atom stereocenters. The van der Waals surface area contributed by atoms with Crippen LogP contribution in [0.3, 0.4) is 0 Å². The Morgan fingerprint density at radius 1 is 1.62 bits per heavy atom. The molecule has 0 saturated heterocycles. The van der Waals surface area contributed by atoms with Crippen LogP contribution in [-0.4, -0.2) is 22.1 Å². The second-order valence-corrected chi connectivity index (χ2v) is 3.83. The Labute approximate surface area is 85.7 Å². The normalized spacial score (nSPS) is 14.9. The van der Waals surface area contributed by atoms with Gasteiger partial charge in [-0.25, -0.2) is 0 Å². The van der Waals surface area contributed by atoms with Crippen LogP contribution in [-0.2, 0) is 0 Å². The second kappa shape index (κ2) is 4.63. The number of rotatable bonds is 3. The molecule has 0 saturated carbocycles. The van der Waals surface area contributed by atoms with Crippen LogP contribution in [0.5, 0.6) is 0 Å². The van der Waals surface area contributed by atoms with E-state index in [2.05, 4.69) is 12.6 Å². The van der Waals surface area contributed by atoms with E-state index in [0.29, 0.717) is 10.4 Å². The molecule has 2 N–H and O–H groups in total. The van der Waals surface area contributed by atoms with Crippen LogP contribution >= 0.6 is 24.0 Å². The molecule has 1 heterocycles. The van der Waals surface area contributed by atoms with E-state index in [0.717, 1.165) is 0 Å². The third-order valence-corrected chi connectivity index (χ3v) is 2.85. The lowest BCUT2D eigenvalue weighted by Crippen LogP contribution is -2.19. The molecule has 70 valence electrons. The zero-order chi connectivity index (χ0) is 9.84. The lowest BCUT2D eigenvalue weighted by atomic mass is 10.1. The highest BCUT2D eigenvalue weighted by Crippen LogP contribution is 2.23. The standard InChI is InChI=1S/C8H9NO2S2/c9-2-6-1-5(4-13-6)8(11)7(10)3-12/h1,4,7-8,10-12H,3H2. The summed E-state index contributed by atoms with van der Waals surface area (Å²) in [7, 11) is 0. The zero-order valence-electron chi connectivity index (χ0n) is 6.71. The SMILES string of the molecule is N#Cc1cc(C(O)C(O)CS)cs1. The summed E-state index contributed by atoms with van der Waals surface area (Å²) in [6, 6.07) is 3.54. The number of thiol groups is 1. The van der Waals surface area contributed by atoms with Crippen LogP contribution in [0.15, 0.2) is 11.4 Å². The summed E-state index contributed by atoms with van der Waals surface area (Å²) < 4.78 is 0. The average molecular weight is 215 g/mol. The van der Waals surface area contributed by atoms with Gasteiger partial charge in [0, 0.05) is 5.75 Å². The van der Waals surface area contributed by atoms with E-state index in [1.54, 1.807) is 11.4 Å². The predicted molar refractivity (Wildman–Crippen MR) is 53.9 cm³/mol. The molecule has 2 unspecified atom stereocenters. The van der Waals surface area contributed by atoms with Crippen molar-refractivity contribution in [2.75, 3.05) is 5.75 Å². The monoisotopic (exact) mass is 215 g/mol. The Morgan fingerprint density at radius 2 is 2.31 bits per heavy atom. The Bertz CT molecular complexity index is 318. The minimum atomic E-state index is -0.948. The van der Waals surface area contributed by atoms with Crippen molar-refractivity contribution in [2.45, 2.75) is 12.2 Å². The smallest absolute Gasteiger partial charge is 0.110 e. The Kier molecular flexibility index (Phi) is 3.75. The maximum atomic E-state index is 9.50. The lowest BCUT2D eigenvalue weighted by Gasteiger charge is -2.13. The largest absolute Gasteiger partial charge is 0.389 e. The van der Waals surface area contributed by atoms with E-state index in [1.165, 1.54) is 11.3 Å². The molecular formula is C8H9NO2S2. The molecule has 0 spiro atoms. The summed E-state index contributed by atoms with van der Waals surface area (Å²) in [5, 5.41) is 28.9. The van der Waals surface area contributed by atoms with Crippen LogP contribution in [0.4, 0.5) is 0 Å². The van der Waals surface area contributed by atoms with E-state index in [9.17, 15) is 10.2 Å². The first kappa shape index (κ1) is 10.5. The quantitative estimate of drug-likeness (QED) is 0.658. The first-order valence-electron chi connectivity index (χ1n) is 3.64. The predicted octanol–water partition coefficient (Wildman–Crippen LogP) is 0.944. The van der Waals surface area contributed by atoms with Crippen molar-refractivity contribution in [3.05, 3.63) is 21.9 Å². The number of hydrogen-bond acceptors (Lipinski definition) is 5. The van der Waals surface area contributed by atoms with Gasteiger partial charge in [-0.2, -0.15) is 17.9 Å². The molecule has 1 aromatic heterocycles. The fourth-order valence-corrected chi connectivity index (χ4v) is 1.81. The molecule has 3 nitrogen and oxygen atoms in total. The van der Waals surface area contributed by atoms with Crippen molar-refractivity contribution in [2.24, 2.45) is 0 Å². The Hall–Kier alpha value is -0.540. The molecule has 0 aromatic carbocycles. The summed E-state index contributed by atoms with van der Waals surface area (Å²) in [6.07, 6.45) is -1.83. The molecule has 1 rings (SSSR count). The van der Waals surface area contributed by atoms with Crippen molar-refractivity contribution >= 4 is 24.0 Å². The van der Waals surface area contributed by atoms with Crippen LogP contribution in [0.2, 0.25) is 0 Å². The van der Waals surface area contributed by atoms with Crippen LogP contribution in [0.25, 0.3) is 0 Å². The molecule has 0 aliphatic rings. The fraction of sp³-hybridized carbons (Fsp3) is 0.375. The van der Waals surface area contributed by atoms with Gasteiger partial charge in [0.1, 0.15) is 17.1 Å². The molecule has 1 aromatic rings. The number of aliphatic hydroxyl groups excluding tert-OH is 2. The third kappa shape index (κ3) is 2.45. The van der Waals surface area contributed by atoms with Crippen LogP contribution in [0, 0.1) is 11.3 Å². The van der Waals surface area contributed by atoms with Crippen molar-refractivity contribution in [3.8, 4) is 6.07 Å². The highest BCUT2D eigenvalue weighted by atomic mass is 32.1. The molecule has 5 heteroatoms. The topological polar surface area (TPSA) is 64.2 Å². The van der Waals surface area contributed by atoms with Gasteiger partial charge < -0.3 is 10.2 Å². The molecule has 0 aliphatic carbocycles. The number of nitrogens with zero attached hydrogens (tertiary/aromatic N) is 1. The summed E-state index contributed by atoms with van der Waals surface area (Å²) in [5.41, 5.74) is 0.572. The summed E-state index contributed by atoms with van der Waals surface area (Å²) >= 11 is 5.11. The van der Waals surface area contributed by atoms with Crippen molar-refractivity contribution < 1.29 is 10.2 Å².